The molecule has 0 N–H and O–H groups in total. The van der Waals surface area contributed by atoms with Crippen molar-refractivity contribution in [3.8, 4) is 11.1 Å². The van der Waals surface area contributed by atoms with Crippen LogP contribution in [-0.2, 0) is 6.54 Å². The lowest BCUT2D eigenvalue weighted by atomic mass is 10.0. The van der Waals surface area contributed by atoms with Crippen LogP contribution in [0.3, 0.4) is 0 Å². The van der Waals surface area contributed by atoms with Gasteiger partial charge in [0.1, 0.15) is 0 Å². The lowest BCUT2D eigenvalue weighted by molar-refractivity contribution is 0.111. The zero-order valence-electron chi connectivity index (χ0n) is 14.3. The molecule has 3 nitrogen and oxygen atoms in total. The molecule has 1 aliphatic heterocycles. The van der Waals surface area contributed by atoms with Crippen LogP contribution < -0.4 is 0 Å². The number of rotatable bonds is 4. The second-order valence-corrected chi connectivity index (χ2v) is 6.58. The highest BCUT2D eigenvalue weighted by molar-refractivity contribution is 5.77. The summed E-state index contributed by atoms with van der Waals surface area (Å²) in [7, 11) is 2.14. The Morgan fingerprint density at radius 2 is 1.72 bits per heavy atom. The zero-order chi connectivity index (χ0) is 17.8. The van der Waals surface area contributed by atoms with Crippen LogP contribution in [0.4, 0.5) is 8.78 Å². The molecule has 1 fully saturated rings. The summed E-state index contributed by atoms with van der Waals surface area (Å²) in [5, 5.41) is 0. The number of halogens is 2. The fourth-order valence-corrected chi connectivity index (χ4v) is 3.18. The van der Waals surface area contributed by atoms with Gasteiger partial charge in [-0.1, -0.05) is 30.3 Å². The van der Waals surface area contributed by atoms with E-state index in [1.54, 1.807) is 12.1 Å². The first-order valence-electron chi connectivity index (χ1n) is 8.52. The van der Waals surface area contributed by atoms with Crippen LogP contribution in [-0.4, -0.2) is 49.3 Å². The van der Waals surface area contributed by atoms with Crippen molar-refractivity contribution in [1.82, 2.24) is 9.80 Å². The second kappa shape index (κ2) is 7.85. The molecule has 0 aliphatic carbocycles. The molecule has 1 heterocycles. The average molecular weight is 344 g/mol. The van der Waals surface area contributed by atoms with Crippen LogP contribution >= 0.6 is 0 Å². The monoisotopic (exact) mass is 344 g/mol. The number of hydrogen-bond acceptors (Lipinski definition) is 3. The summed E-state index contributed by atoms with van der Waals surface area (Å²) in [6.45, 7) is 5.14. The summed E-state index contributed by atoms with van der Waals surface area (Å²) in [6, 6.07) is 10.3. The van der Waals surface area contributed by atoms with Crippen molar-refractivity contribution in [1.29, 1.82) is 0 Å². The van der Waals surface area contributed by atoms with Gasteiger partial charge in [0.25, 0.3) is 0 Å². The molecule has 0 unspecified atom stereocenters. The van der Waals surface area contributed by atoms with Crippen LogP contribution in [0.15, 0.2) is 36.4 Å². The Balaban J connectivity index is 1.74. The van der Waals surface area contributed by atoms with E-state index in [0.717, 1.165) is 44.7 Å². The van der Waals surface area contributed by atoms with E-state index < -0.39 is 11.6 Å². The van der Waals surface area contributed by atoms with Gasteiger partial charge in [-0.05, 0) is 43.8 Å². The fraction of sp³-hybridized carbons (Fsp3) is 0.350. The van der Waals surface area contributed by atoms with Crippen LogP contribution in [0, 0.1) is 11.6 Å². The Kier molecular flexibility index (Phi) is 5.56. The highest BCUT2D eigenvalue weighted by Gasteiger charge is 2.15. The smallest absolute Gasteiger partial charge is 0.169 e. The highest BCUT2D eigenvalue weighted by atomic mass is 19.2. The third-order valence-electron chi connectivity index (χ3n) is 4.72. The molecule has 0 atom stereocenters. The standard InChI is InChI=1S/C20H22F2N2O/c1-23-9-2-10-24(12-11-23)13-15-3-5-16(6-4-15)18-8-7-17(14-25)19(21)20(18)22/h3-8,14H,2,9-13H2,1H3. The van der Waals surface area contributed by atoms with E-state index in [9.17, 15) is 13.6 Å². The summed E-state index contributed by atoms with van der Waals surface area (Å²) in [5.74, 6) is -2.07. The van der Waals surface area contributed by atoms with Gasteiger partial charge in [0, 0.05) is 25.2 Å². The Labute approximate surface area is 146 Å². The molecule has 0 saturated carbocycles. The van der Waals surface area contributed by atoms with Gasteiger partial charge >= 0.3 is 0 Å². The number of likely N-dealkylation sites (N-methyl/N-ethyl adjacent to an activating group) is 1. The van der Waals surface area contributed by atoms with Crippen LogP contribution in [0.1, 0.15) is 22.3 Å². The van der Waals surface area contributed by atoms with Gasteiger partial charge in [0.2, 0.25) is 0 Å². The van der Waals surface area contributed by atoms with Gasteiger partial charge in [0.05, 0.1) is 5.56 Å². The van der Waals surface area contributed by atoms with Gasteiger partial charge in [-0.2, -0.15) is 0 Å². The molecule has 1 aliphatic rings. The Hall–Kier alpha value is -2.11. The minimum atomic E-state index is -1.09. The first-order chi connectivity index (χ1) is 12.1. The van der Waals surface area contributed by atoms with E-state index in [1.165, 1.54) is 12.1 Å². The first kappa shape index (κ1) is 17.7. The van der Waals surface area contributed by atoms with Crippen molar-refractivity contribution in [2.45, 2.75) is 13.0 Å². The lowest BCUT2D eigenvalue weighted by Crippen LogP contribution is -2.28. The molecule has 0 radical (unpaired) electrons. The van der Waals surface area contributed by atoms with E-state index in [2.05, 4.69) is 16.8 Å². The average Bonchev–Trinajstić information content (AvgIpc) is 2.82. The van der Waals surface area contributed by atoms with Crippen molar-refractivity contribution in [3.63, 3.8) is 0 Å². The Bertz CT molecular complexity index is 746. The van der Waals surface area contributed by atoms with Crippen LogP contribution in [0.2, 0.25) is 0 Å². The van der Waals surface area contributed by atoms with E-state index >= 15 is 0 Å². The number of aldehydes is 1. The predicted molar refractivity (Wildman–Crippen MR) is 94.6 cm³/mol. The fourth-order valence-electron chi connectivity index (χ4n) is 3.18. The van der Waals surface area contributed by atoms with Gasteiger partial charge < -0.3 is 4.90 Å². The third-order valence-corrected chi connectivity index (χ3v) is 4.72. The number of benzene rings is 2. The van der Waals surface area contributed by atoms with E-state index in [0.29, 0.717) is 11.8 Å². The minimum absolute atomic E-state index is 0.172. The molecule has 0 amide bonds. The van der Waals surface area contributed by atoms with Crippen molar-refractivity contribution in [2.24, 2.45) is 0 Å². The summed E-state index contributed by atoms with van der Waals surface area (Å²) in [5.41, 5.74) is 1.67. The second-order valence-electron chi connectivity index (χ2n) is 6.58. The molecular weight excluding hydrogens is 322 g/mol. The number of carbonyl (C=O) groups is 1. The lowest BCUT2D eigenvalue weighted by Gasteiger charge is -2.20. The maximum Gasteiger partial charge on any atom is 0.169 e. The van der Waals surface area contributed by atoms with Gasteiger partial charge in [-0.15, -0.1) is 0 Å². The van der Waals surface area contributed by atoms with E-state index in [-0.39, 0.29) is 11.1 Å². The van der Waals surface area contributed by atoms with Crippen molar-refractivity contribution in [2.75, 3.05) is 33.2 Å². The summed E-state index contributed by atoms with van der Waals surface area (Å²) >= 11 is 0. The summed E-state index contributed by atoms with van der Waals surface area (Å²) in [6.07, 6.45) is 1.48. The number of carbonyl (C=O) groups excluding carboxylic acids is 1. The third kappa shape index (κ3) is 4.11. The maximum absolute atomic E-state index is 14.1. The van der Waals surface area contributed by atoms with Crippen molar-refractivity contribution < 1.29 is 13.6 Å². The molecule has 2 aromatic carbocycles. The molecular formula is C20H22F2N2O. The number of hydrogen-bond donors (Lipinski definition) is 0. The molecule has 3 rings (SSSR count). The Morgan fingerprint density at radius 1 is 0.960 bits per heavy atom. The van der Waals surface area contributed by atoms with Gasteiger partial charge in [0.15, 0.2) is 17.9 Å². The van der Waals surface area contributed by atoms with Gasteiger partial charge in [-0.3, -0.25) is 9.69 Å². The summed E-state index contributed by atoms with van der Waals surface area (Å²) in [4.78, 5) is 15.4. The minimum Gasteiger partial charge on any atom is -0.305 e. The van der Waals surface area contributed by atoms with E-state index in [1.807, 2.05) is 12.1 Å². The normalized spacial score (nSPS) is 16.6. The quantitative estimate of drug-likeness (QED) is 0.792. The van der Waals surface area contributed by atoms with Crippen LogP contribution in [0.5, 0.6) is 0 Å². The molecule has 1 saturated heterocycles. The molecule has 0 aromatic heterocycles. The van der Waals surface area contributed by atoms with Crippen molar-refractivity contribution in [3.05, 3.63) is 59.2 Å². The first-order valence-corrected chi connectivity index (χ1v) is 8.52. The summed E-state index contributed by atoms with van der Waals surface area (Å²) < 4.78 is 27.9. The molecule has 25 heavy (non-hydrogen) atoms. The molecule has 132 valence electrons. The maximum atomic E-state index is 14.1. The van der Waals surface area contributed by atoms with Gasteiger partial charge in [-0.25, -0.2) is 8.78 Å². The number of nitrogens with zero attached hydrogens (tertiary/aromatic N) is 2. The zero-order valence-corrected chi connectivity index (χ0v) is 14.3. The molecule has 2 aromatic rings. The Morgan fingerprint density at radius 3 is 2.44 bits per heavy atom. The molecule has 0 bridgehead atoms. The molecule has 5 heteroatoms. The molecule has 0 spiro atoms. The topological polar surface area (TPSA) is 23.6 Å². The van der Waals surface area contributed by atoms with Crippen LogP contribution in [0.25, 0.3) is 11.1 Å². The van der Waals surface area contributed by atoms with Crippen molar-refractivity contribution >= 4 is 6.29 Å². The SMILES string of the molecule is CN1CCCN(Cc2ccc(-c3ccc(C=O)c(F)c3F)cc2)CC1. The highest BCUT2D eigenvalue weighted by Crippen LogP contribution is 2.26. The van der Waals surface area contributed by atoms with E-state index in [4.69, 9.17) is 0 Å². The predicted octanol–water partition coefficient (Wildman–Crippen LogP) is 3.58. The largest absolute Gasteiger partial charge is 0.305 e.